The van der Waals surface area contributed by atoms with Crippen LogP contribution in [-0.4, -0.2) is 17.0 Å². The molecule has 0 fully saturated rings. The van der Waals surface area contributed by atoms with E-state index in [2.05, 4.69) is 29.1 Å². The Bertz CT molecular complexity index is 189. The second-order valence-corrected chi connectivity index (χ2v) is 2.84. The summed E-state index contributed by atoms with van der Waals surface area (Å²) in [5.74, 6) is 0. The number of H-pyrrole nitrogens is 1. The molecule has 0 saturated heterocycles. The van der Waals surface area contributed by atoms with Crippen molar-refractivity contribution in [2.24, 2.45) is 0 Å². The summed E-state index contributed by atoms with van der Waals surface area (Å²) in [6.07, 6.45) is 3.52. The zero-order valence-electron chi connectivity index (χ0n) is 6.60. The van der Waals surface area contributed by atoms with Crippen LogP contribution in [0.1, 0.15) is 19.5 Å². The lowest BCUT2D eigenvalue weighted by atomic mass is 10.0. The van der Waals surface area contributed by atoms with Gasteiger partial charge in [-0.15, -0.1) is 0 Å². The Hall–Kier alpha value is -0.830. The van der Waals surface area contributed by atoms with Crippen molar-refractivity contribution in [3.05, 3.63) is 18.2 Å². The molecule has 3 nitrogen and oxygen atoms in total. The van der Waals surface area contributed by atoms with E-state index in [1.165, 1.54) is 0 Å². The average molecular weight is 139 g/mol. The van der Waals surface area contributed by atoms with Gasteiger partial charge in [-0.25, -0.2) is 4.98 Å². The second-order valence-electron chi connectivity index (χ2n) is 2.84. The van der Waals surface area contributed by atoms with Crippen LogP contribution in [0.25, 0.3) is 0 Å². The molecule has 1 aromatic heterocycles. The molecule has 0 bridgehead atoms. The molecule has 0 radical (unpaired) electrons. The van der Waals surface area contributed by atoms with E-state index in [1.54, 1.807) is 6.33 Å². The zero-order chi connectivity index (χ0) is 7.61. The van der Waals surface area contributed by atoms with Crippen molar-refractivity contribution >= 4 is 0 Å². The van der Waals surface area contributed by atoms with Gasteiger partial charge in [0.15, 0.2) is 0 Å². The molecule has 10 heavy (non-hydrogen) atoms. The van der Waals surface area contributed by atoms with Crippen LogP contribution in [-0.2, 0) is 5.54 Å². The van der Waals surface area contributed by atoms with E-state index in [4.69, 9.17) is 0 Å². The van der Waals surface area contributed by atoms with Gasteiger partial charge in [0.25, 0.3) is 0 Å². The summed E-state index contributed by atoms with van der Waals surface area (Å²) in [5.41, 5.74) is 1.10. The van der Waals surface area contributed by atoms with Crippen molar-refractivity contribution in [1.29, 1.82) is 0 Å². The third-order valence-corrected chi connectivity index (χ3v) is 1.80. The normalized spacial score (nSPS) is 11.9. The first kappa shape index (κ1) is 7.28. The maximum atomic E-state index is 3.94. The van der Waals surface area contributed by atoms with Crippen molar-refractivity contribution in [3.8, 4) is 0 Å². The number of nitrogens with one attached hydrogen (secondary N) is 2. The number of rotatable bonds is 2. The smallest absolute Gasteiger partial charge is 0.0922 e. The Kier molecular flexibility index (Phi) is 1.76. The second kappa shape index (κ2) is 2.42. The van der Waals surface area contributed by atoms with Crippen molar-refractivity contribution in [2.45, 2.75) is 19.4 Å². The molecule has 1 heterocycles. The topological polar surface area (TPSA) is 40.7 Å². The summed E-state index contributed by atoms with van der Waals surface area (Å²) >= 11 is 0. The zero-order valence-corrected chi connectivity index (χ0v) is 6.60. The maximum Gasteiger partial charge on any atom is 0.0922 e. The molecule has 0 atom stereocenters. The maximum absolute atomic E-state index is 3.94. The first-order valence-electron chi connectivity index (χ1n) is 3.34. The number of hydrogen-bond acceptors (Lipinski definition) is 2. The highest BCUT2D eigenvalue weighted by Gasteiger charge is 2.18. The van der Waals surface area contributed by atoms with E-state index in [9.17, 15) is 0 Å². The molecule has 1 rings (SSSR count). The summed E-state index contributed by atoms with van der Waals surface area (Å²) in [4.78, 5) is 7.00. The largest absolute Gasteiger partial charge is 0.347 e. The van der Waals surface area contributed by atoms with Crippen molar-refractivity contribution in [1.82, 2.24) is 15.3 Å². The summed E-state index contributed by atoms with van der Waals surface area (Å²) in [6.45, 7) is 4.20. The molecule has 0 spiro atoms. The van der Waals surface area contributed by atoms with Crippen LogP contribution >= 0.6 is 0 Å². The summed E-state index contributed by atoms with van der Waals surface area (Å²) in [5, 5.41) is 3.17. The molecule has 56 valence electrons. The van der Waals surface area contributed by atoms with Gasteiger partial charge in [-0.05, 0) is 20.9 Å². The van der Waals surface area contributed by atoms with E-state index in [1.807, 2.05) is 13.2 Å². The lowest BCUT2D eigenvalue weighted by Crippen LogP contribution is -2.33. The lowest BCUT2D eigenvalue weighted by Gasteiger charge is -2.21. The first-order chi connectivity index (χ1) is 4.67. The molecule has 0 aliphatic heterocycles. The minimum atomic E-state index is -0.00347. The average Bonchev–Trinajstić information content (AvgIpc) is 2.38. The van der Waals surface area contributed by atoms with Gasteiger partial charge in [0.1, 0.15) is 0 Å². The van der Waals surface area contributed by atoms with Crippen LogP contribution in [0, 0.1) is 0 Å². The molecule has 3 heteroatoms. The SMILES string of the molecule is CNC(C)(C)c1cnc[nH]1. The molecule has 0 aliphatic rings. The van der Waals surface area contributed by atoms with Crippen LogP contribution in [0.3, 0.4) is 0 Å². The summed E-state index contributed by atoms with van der Waals surface area (Å²) in [7, 11) is 1.93. The van der Waals surface area contributed by atoms with Gasteiger partial charge in [0, 0.05) is 6.20 Å². The highest BCUT2D eigenvalue weighted by Crippen LogP contribution is 2.14. The molecule has 2 N–H and O–H groups in total. The number of nitrogens with zero attached hydrogens (tertiary/aromatic N) is 1. The highest BCUT2D eigenvalue weighted by molar-refractivity contribution is 5.07. The predicted octanol–water partition coefficient (Wildman–Crippen LogP) is 0.864. The van der Waals surface area contributed by atoms with Crippen molar-refractivity contribution in [2.75, 3.05) is 7.05 Å². The van der Waals surface area contributed by atoms with Crippen LogP contribution in [0.2, 0.25) is 0 Å². The van der Waals surface area contributed by atoms with Crippen LogP contribution in [0.5, 0.6) is 0 Å². The summed E-state index contributed by atoms with van der Waals surface area (Å²) < 4.78 is 0. The quantitative estimate of drug-likeness (QED) is 0.638. The van der Waals surface area contributed by atoms with Crippen LogP contribution in [0.15, 0.2) is 12.5 Å². The molecular weight excluding hydrogens is 126 g/mol. The van der Waals surface area contributed by atoms with Gasteiger partial charge in [0.05, 0.1) is 17.6 Å². The van der Waals surface area contributed by atoms with Crippen LogP contribution in [0.4, 0.5) is 0 Å². The number of aromatic amines is 1. The van der Waals surface area contributed by atoms with E-state index in [0.717, 1.165) is 5.69 Å². The molecule has 0 amide bonds. The molecule has 0 aromatic carbocycles. The number of hydrogen-bond donors (Lipinski definition) is 2. The Morgan fingerprint density at radius 3 is 2.70 bits per heavy atom. The van der Waals surface area contributed by atoms with Gasteiger partial charge < -0.3 is 10.3 Å². The third-order valence-electron chi connectivity index (χ3n) is 1.80. The minimum Gasteiger partial charge on any atom is -0.347 e. The third kappa shape index (κ3) is 1.19. The molecule has 1 aromatic rings. The number of aromatic nitrogens is 2. The Labute approximate surface area is 60.9 Å². The van der Waals surface area contributed by atoms with E-state index in [0.29, 0.717) is 0 Å². The predicted molar refractivity (Wildman–Crippen MR) is 40.7 cm³/mol. The Morgan fingerprint density at radius 2 is 2.30 bits per heavy atom. The van der Waals surface area contributed by atoms with E-state index < -0.39 is 0 Å². The van der Waals surface area contributed by atoms with Gasteiger partial charge in [-0.1, -0.05) is 0 Å². The molecule has 0 saturated carbocycles. The fourth-order valence-corrected chi connectivity index (χ4v) is 0.732. The first-order valence-corrected chi connectivity index (χ1v) is 3.34. The van der Waals surface area contributed by atoms with Gasteiger partial charge in [-0.2, -0.15) is 0 Å². The minimum absolute atomic E-state index is 0.00347. The van der Waals surface area contributed by atoms with Gasteiger partial charge >= 0.3 is 0 Å². The van der Waals surface area contributed by atoms with Crippen LogP contribution < -0.4 is 5.32 Å². The fourth-order valence-electron chi connectivity index (χ4n) is 0.732. The van der Waals surface area contributed by atoms with E-state index >= 15 is 0 Å². The standard InChI is InChI=1S/C7H13N3/c1-7(2,8-3)6-4-9-5-10-6/h4-5,8H,1-3H3,(H,9,10). The van der Waals surface area contributed by atoms with Crippen molar-refractivity contribution in [3.63, 3.8) is 0 Å². The number of imidazole rings is 1. The van der Waals surface area contributed by atoms with Gasteiger partial charge in [0.2, 0.25) is 0 Å². The Balaban J connectivity index is 2.85. The monoisotopic (exact) mass is 139 g/mol. The highest BCUT2D eigenvalue weighted by atomic mass is 15.0. The van der Waals surface area contributed by atoms with Gasteiger partial charge in [-0.3, -0.25) is 0 Å². The lowest BCUT2D eigenvalue weighted by molar-refractivity contribution is 0.433. The Morgan fingerprint density at radius 1 is 1.60 bits per heavy atom. The molecular formula is C7H13N3. The fraction of sp³-hybridized carbons (Fsp3) is 0.571. The van der Waals surface area contributed by atoms with Crippen molar-refractivity contribution < 1.29 is 0 Å². The van der Waals surface area contributed by atoms with E-state index in [-0.39, 0.29) is 5.54 Å². The molecule has 0 unspecified atom stereocenters. The molecule has 0 aliphatic carbocycles. The summed E-state index contributed by atoms with van der Waals surface area (Å²) in [6, 6.07) is 0.